The molecule has 0 radical (unpaired) electrons. The van der Waals surface area contributed by atoms with Crippen molar-refractivity contribution in [3.63, 3.8) is 0 Å². The zero-order valence-electron chi connectivity index (χ0n) is 13.9. The summed E-state index contributed by atoms with van der Waals surface area (Å²) < 4.78 is 15.9. The number of nitrogens with one attached hydrogen (secondary N) is 1. The molecule has 6 heteroatoms. The van der Waals surface area contributed by atoms with Crippen LogP contribution in [0.25, 0.3) is 16.8 Å². The number of rotatable bonds is 5. The van der Waals surface area contributed by atoms with E-state index in [2.05, 4.69) is 31.2 Å². The Bertz CT molecular complexity index is 1050. The summed E-state index contributed by atoms with van der Waals surface area (Å²) in [6.07, 6.45) is 7.32. The first-order chi connectivity index (χ1) is 12.7. The average Bonchev–Trinajstić information content (AvgIpc) is 3.08. The summed E-state index contributed by atoms with van der Waals surface area (Å²) in [4.78, 5) is 8.52. The second-order valence-electron chi connectivity index (χ2n) is 5.96. The summed E-state index contributed by atoms with van der Waals surface area (Å²) in [7, 11) is 0. The van der Waals surface area contributed by atoms with Gasteiger partial charge in [-0.3, -0.25) is 9.38 Å². The first-order valence-electron chi connectivity index (χ1n) is 8.19. The highest BCUT2D eigenvalue weighted by atomic mass is 79.9. The number of hydrogen-bond donors (Lipinski definition) is 1. The summed E-state index contributed by atoms with van der Waals surface area (Å²) in [5.41, 5.74) is 5.50. The van der Waals surface area contributed by atoms with Gasteiger partial charge in [0.05, 0.1) is 11.9 Å². The van der Waals surface area contributed by atoms with Gasteiger partial charge >= 0.3 is 0 Å². The topological polar surface area (TPSA) is 42.2 Å². The van der Waals surface area contributed by atoms with Crippen molar-refractivity contribution in [3.05, 3.63) is 83.0 Å². The van der Waals surface area contributed by atoms with Crippen LogP contribution in [0.4, 0.5) is 10.1 Å². The van der Waals surface area contributed by atoms with E-state index in [-0.39, 0.29) is 0 Å². The van der Waals surface area contributed by atoms with E-state index >= 15 is 0 Å². The average molecular weight is 411 g/mol. The van der Waals surface area contributed by atoms with Crippen molar-refractivity contribution in [2.45, 2.75) is 13.2 Å². The number of nitrogens with zero attached hydrogens (tertiary/aromatic N) is 3. The lowest BCUT2D eigenvalue weighted by molar-refractivity contribution is 0.485. The van der Waals surface area contributed by atoms with Crippen LogP contribution in [0, 0.1) is 0 Å². The predicted molar refractivity (Wildman–Crippen MR) is 105 cm³/mol. The number of aromatic nitrogens is 3. The van der Waals surface area contributed by atoms with Crippen molar-refractivity contribution >= 4 is 27.3 Å². The number of fused-ring (bicyclic) bond motifs is 1. The molecule has 0 fully saturated rings. The minimum absolute atomic E-state index is 0.474. The highest BCUT2D eigenvalue weighted by Gasteiger charge is 2.10. The lowest BCUT2D eigenvalue weighted by atomic mass is 10.0. The van der Waals surface area contributed by atoms with Crippen LogP contribution >= 0.6 is 15.9 Å². The normalized spacial score (nSPS) is 11.0. The highest BCUT2D eigenvalue weighted by Crippen LogP contribution is 2.29. The molecule has 1 N–H and O–H groups in total. The minimum atomic E-state index is -0.474. The maximum Gasteiger partial charge on any atom is 0.161 e. The van der Waals surface area contributed by atoms with Gasteiger partial charge in [0.1, 0.15) is 11.3 Å². The molecule has 0 bridgehead atoms. The fourth-order valence-corrected chi connectivity index (χ4v) is 3.25. The molecule has 4 aromatic rings. The van der Waals surface area contributed by atoms with Crippen LogP contribution in [0.15, 0.2) is 71.9 Å². The number of imidazole rings is 1. The minimum Gasteiger partial charge on any atom is -0.378 e. The molecule has 0 aliphatic heterocycles. The molecule has 1 aromatic carbocycles. The van der Waals surface area contributed by atoms with E-state index in [0.29, 0.717) is 12.1 Å². The fraction of sp³-hybridized carbons (Fsp3) is 0.100. The van der Waals surface area contributed by atoms with Gasteiger partial charge in [-0.15, -0.1) is 0 Å². The molecule has 130 valence electrons. The molecule has 0 aliphatic carbocycles. The Balaban J connectivity index is 1.76. The molecule has 0 unspecified atom stereocenters. The third-order valence-corrected chi connectivity index (χ3v) is 4.79. The van der Waals surface area contributed by atoms with Crippen LogP contribution in [0.2, 0.25) is 0 Å². The van der Waals surface area contributed by atoms with Crippen molar-refractivity contribution in [3.8, 4) is 11.1 Å². The molecule has 0 spiro atoms. The SMILES string of the molecule is FCc1cccc(-c2cc(NCc3ccncc3)c3ncc(Br)n3c2)c1. The summed E-state index contributed by atoms with van der Waals surface area (Å²) in [6, 6.07) is 13.5. The third kappa shape index (κ3) is 3.32. The quantitative estimate of drug-likeness (QED) is 0.489. The Morgan fingerprint density at radius 2 is 1.88 bits per heavy atom. The maximum atomic E-state index is 13.0. The molecule has 3 heterocycles. The molecule has 4 nitrogen and oxygen atoms in total. The first-order valence-corrected chi connectivity index (χ1v) is 8.98. The maximum absolute atomic E-state index is 13.0. The highest BCUT2D eigenvalue weighted by molar-refractivity contribution is 9.10. The largest absolute Gasteiger partial charge is 0.378 e. The number of pyridine rings is 2. The molecule has 0 saturated carbocycles. The Hall–Kier alpha value is -2.73. The zero-order valence-corrected chi connectivity index (χ0v) is 15.4. The first kappa shape index (κ1) is 16.7. The van der Waals surface area contributed by atoms with Crippen LogP contribution in [-0.4, -0.2) is 14.4 Å². The Labute approximate surface area is 158 Å². The fourth-order valence-electron chi connectivity index (χ4n) is 2.88. The van der Waals surface area contributed by atoms with Gasteiger partial charge in [0.25, 0.3) is 0 Å². The van der Waals surface area contributed by atoms with Gasteiger partial charge in [-0.2, -0.15) is 0 Å². The zero-order chi connectivity index (χ0) is 17.9. The van der Waals surface area contributed by atoms with Crippen LogP contribution in [-0.2, 0) is 13.2 Å². The summed E-state index contributed by atoms with van der Waals surface area (Å²) in [5.74, 6) is 0. The smallest absolute Gasteiger partial charge is 0.161 e. The summed E-state index contributed by atoms with van der Waals surface area (Å²) in [6.45, 7) is 0.189. The number of hydrogen-bond acceptors (Lipinski definition) is 3. The number of benzene rings is 1. The van der Waals surface area contributed by atoms with E-state index in [1.165, 1.54) is 0 Å². The molecule has 0 atom stereocenters. The van der Waals surface area contributed by atoms with E-state index in [1.807, 2.05) is 47.0 Å². The second kappa shape index (κ2) is 7.25. The third-order valence-electron chi connectivity index (χ3n) is 4.21. The Morgan fingerprint density at radius 3 is 2.69 bits per heavy atom. The van der Waals surface area contributed by atoms with Crippen LogP contribution in [0.1, 0.15) is 11.1 Å². The molecule has 4 rings (SSSR count). The monoisotopic (exact) mass is 410 g/mol. The number of alkyl halides is 1. The van der Waals surface area contributed by atoms with Crippen molar-refractivity contribution in [1.29, 1.82) is 0 Å². The molecule has 0 amide bonds. The summed E-state index contributed by atoms with van der Waals surface area (Å²) >= 11 is 3.54. The van der Waals surface area contributed by atoms with E-state index in [9.17, 15) is 4.39 Å². The van der Waals surface area contributed by atoms with Crippen molar-refractivity contribution in [1.82, 2.24) is 14.4 Å². The van der Waals surface area contributed by atoms with Gasteiger partial charge in [-0.1, -0.05) is 18.2 Å². The van der Waals surface area contributed by atoms with Gasteiger partial charge in [0, 0.05) is 30.7 Å². The molecular weight excluding hydrogens is 395 g/mol. The van der Waals surface area contributed by atoms with E-state index in [4.69, 9.17) is 0 Å². The van der Waals surface area contributed by atoms with E-state index in [0.717, 1.165) is 32.6 Å². The standard InChI is InChI=1S/C20H16BrFN4/c21-19-12-25-20-18(24-11-14-4-6-23-7-5-14)9-17(13-26(19)20)16-3-1-2-15(8-16)10-22/h1-9,12-13,24H,10-11H2. The predicted octanol–water partition coefficient (Wildman–Crippen LogP) is 5.24. The Kier molecular flexibility index (Phi) is 4.67. The van der Waals surface area contributed by atoms with E-state index in [1.54, 1.807) is 24.7 Å². The number of anilines is 1. The lowest BCUT2D eigenvalue weighted by Gasteiger charge is -2.12. The van der Waals surface area contributed by atoms with Gasteiger partial charge in [-0.05, 0) is 56.9 Å². The van der Waals surface area contributed by atoms with Gasteiger partial charge in [0.15, 0.2) is 5.65 Å². The second-order valence-corrected chi connectivity index (χ2v) is 6.77. The van der Waals surface area contributed by atoms with Gasteiger partial charge in [0.2, 0.25) is 0 Å². The van der Waals surface area contributed by atoms with Crippen LogP contribution in [0.5, 0.6) is 0 Å². The van der Waals surface area contributed by atoms with Crippen LogP contribution in [0.3, 0.4) is 0 Å². The molecular formula is C20H16BrFN4. The van der Waals surface area contributed by atoms with Crippen molar-refractivity contribution < 1.29 is 4.39 Å². The molecule has 0 saturated heterocycles. The van der Waals surface area contributed by atoms with E-state index < -0.39 is 6.67 Å². The Morgan fingerprint density at radius 1 is 1.04 bits per heavy atom. The van der Waals surface area contributed by atoms with Crippen molar-refractivity contribution in [2.24, 2.45) is 0 Å². The van der Waals surface area contributed by atoms with Gasteiger partial charge in [-0.25, -0.2) is 9.37 Å². The molecule has 3 aromatic heterocycles. The molecule has 26 heavy (non-hydrogen) atoms. The lowest BCUT2D eigenvalue weighted by Crippen LogP contribution is -2.02. The number of halogens is 2. The van der Waals surface area contributed by atoms with Crippen molar-refractivity contribution in [2.75, 3.05) is 5.32 Å². The summed E-state index contributed by atoms with van der Waals surface area (Å²) in [5, 5.41) is 3.45. The van der Waals surface area contributed by atoms with Crippen LogP contribution < -0.4 is 5.32 Å². The molecule has 0 aliphatic rings. The van der Waals surface area contributed by atoms with Gasteiger partial charge < -0.3 is 5.32 Å².